The summed E-state index contributed by atoms with van der Waals surface area (Å²) in [7, 11) is 0. The number of hydrogen-bond donors (Lipinski definition) is 2. The molecule has 8 nitrogen and oxygen atoms in total. The van der Waals surface area contributed by atoms with Crippen LogP contribution in [0.4, 0.5) is 10.5 Å². The number of ether oxygens (including phenoxy) is 2. The van der Waals surface area contributed by atoms with E-state index in [9.17, 15) is 19.5 Å². The van der Waals surface area contributed by atoms with Gasteiger partial charge in [0.1, 0.15) is 17.1 Å². The molecule has 0 fully saturated rings. The minimum atomic E-state index is -0.953. The van der Waals surface area contributed by atoms with Gasteiger partial charge in [-0.3, -0.25) is 4.79 Å². The number of carbonyl (C=O) groups is 3. The van der Waals surface area contributed by atoms with Gasteiger partial charge in [0.2, 0.25) is 5.91 Å². The number of primary amides is 1. The van der Waals surface area contributed by atoms with Crippen LogP contribution in [0, 0.1) is 5.92 Å². The maximum Gasteiger partial charge on any atom is 0.343 e. The number of carbonyl (C=O) groups excluding carboxylic acids is 3. The Kier molecular flexibility index (Phi) is 5.18. The van der Waals surface area contributed by atoms with Gasteiger partial charge in [0.25, 0.3) is 0 Å². The first-order valence-electron chi connectivity index (χ1n) is 10.1. The van der Waals surface area contributed by atoms with Gasteiger partial charge in [-0.15, -0.1) is 0 Å². The summed E-state index contributed by atoms with van der Waals surface area (Å²) in [5.41, 5.74) is 7.38. The third-order valence-corrected chi connectivity index (χ3v) is 5.66. The van der Waals surface area contributed by atoms with Crippen molar-refractivity contribution in [2.24, 2.45) is 11.7 Å². The van der Waals surface area contributed by atoms with Gasteiger partial charge in [0, 0.05) is 6.07 Å². The molecule has 1 atom stereocenters. The number of amides is 3. The van der Waals surface area contributed by atoms with E-state index in [4.69, 9.17) is 15.2 Å². The van der Waals surface area contributed by atoms with Gasteiger partial charge in [0.15, 0.2) is 0 Å². The van der Waals surface area contributed by atoms with E-state index in [0.717, 1.165) is 29.1 Å². The van der Waals surface area contributed by atoms with Gasteiger partial charge in [-0.1, -0.05) is 6.07 Å². The van der Waals surface area contributed by atoms with Crippen molar-refractivity contribution in [3.63, 3.8) is 0 Å². The molecule has 2 aliphatic heterocycles. The van der Waals surface area contributed by atoms with Crippen molar-refractivity contribution in [3.8, 4) is 11.5 Å². The lowest BCUT2D eigenvalue weighted by atomic mass is 9.92. The Morgan fingerprint density at radius 2 is 2.00 bits per heavy atom. The fourth-order valence-electron chi connectivity index (χ4n) is 3.96. The Labute approximate surface area is 179 Å². The Hall–Kier alpha value is -3.39. The average Bonchev–Trinajstić information content (AvgIpc) is 2.72. The number of rotatable bonds is 3. The van der Waals surface area contributed by atoms with Crippen molar-refractivity contribution in [1.82, 2.24) is 0 Å². The van der Waals surface area contributed by atoms with Crippen LogP contribution in [0.3, 0.4) is 0 Å². The molecule has 0 spiro atoms. The van der Waals surface area contributed by atoms with Crippen LogP contribution in [0.5, 0.6) is 11.5 Å². The second-order valence-electron chi connectivity index (χ2n) is 8.46. The Morgan fingerprint density at radius 3 is 2.71 bits per heavy atom. The third-order valence-electron chi connectivity index (χ3n) is 5.66. The molecule has 0 radical (unpaired) electrons. The number of benzene rings is 2. The number of aliphatic hydroxyl groups excluding tert-OH is 1. The molecule has 31 heavy (non-hydrogen) atoms. The summed E-state index contributed by atoms with van der Waals surface area (Å²) in [6.45, 7) is 3.66. The van der Waals surface area contributed by atoms with Crippen molar-refractivity contribution in [3.05, 3.63) is 53.1 Å². The first-order valence-corrected chi connectivity index (χ1v) is 10.1. The standard InChI is InChI=1S/C23H24N2O6/c1-23(2)8-7-14-10-15(4-6-19(14)31-23)21(28)30-17-5-3-13-9-16(12-26)20(27)25(22(24)29)18(13)11-17/h3-6,10-11,16,26H,7-9,12H2,1-2H3,(H2,24,29). The molecule has 0 saturated carbocycles. The Bertz CT molecular complexity index is 1080. The number of nitrogens with two attached hydrogens (primary N) is 1. The lowest BCUT2D eigenvalue weighted by Gasteiger charge is -2.32. The van der Waals surface area contributed by atoms with E-state index in [0.29, 0.717) is 11.1 Å². The molecule has 0 saturated heterocycles. The highest BCUT2D eigenvalue weighted by Crippen LogP contribution is 2.35. The molecule has 2 aliphatic rings. The fourth-order valence-corrected chi connectivity index (χ4v) is 3.96. The summed E-state index contributed by atoms with van der Waals surface area (Å²) in [6, 6.07) is 8.90. The van der Waals surface area contributed by atoms with E-state index in [2.05, 4.69) is 0 Å². The lowest BCUT2D eigenvalue weighted by molar-refractivity contribution is -0.123. The number of esters is 1. The molecule has 0 bridgehead atoms. The number of urea groups is 1. The van der Waals surface area contributed by atoms with Crippen molar-refractivity contribution in [1.29, 1.82) is 0 Å². The first kappa shape index (κ1) is 20.9. The molecule has 2 aromatic rings. The van der Waals surface area contributed by atoms with E-state index >= 15 is 0 Å². The normalized spacial score (nSPS) is 19.1. The Morgan fingerprint density at radius 1 is 1.23 bits per heavy atom. The van der Waals surface area contributed by atoms with Gasteiger partial charge < -0.3 is 20.3 Å². The van der Waals surface area contributed by atoms with Gasteiger partial charge >= 0.3 is 12.0 Å². The van der Waals surface area contributed by atoms with Crippen LogP contribution >= 0.6 is 0 Å². The molecule has 2 aromatic carbocycles. The van der Waals surface area contributed by atoms with Crippen LogP contribution in [0.2, 0.25) is 0 Å². The quantitative estimate of drug-likeness (QED) is 0.577. The number of hydrogen-bond acceptors (Lipinski definition) is 6. The van der Waals surface area contributed by atoms with Gasteiger partial charge in [0.05, 0.1) is 23.8 Å². The molecule has 3 amide bonds. The number of anilines is 1. The zero-order chi connectivity index (χ0) is 22.3. The zero-order valence-corrected chi connectivity index (χ0v) is 17.4. The molecule has 162 valence electrons. The zero-order valence-electron chi connectivity index (χ0n) is 17.4. The number of nitrogens with zero attached hydrogens (tertiary/aromatic N) is 1. The number of fused-ring (bicyclic) bond motifs is 2. The van der Waals surface area contributed by atoms with E-state index in [1.165, 1.54) is 6.07 Å². The summed E-state index contributed by atoms with van der Waals surface area (Å²) in [5, 5.41) is 9.42. The SMILES string of the molecule is CC1(C)CCc2cc(C(=O)Oc3ccc4c(c3)N(C(N)=O)C(=O)C(CO)C4)ccc2O1. The second-order valence-corrected chi connectivity index (χ2v) is 8.46. The molecule has 8 heteroatoms. The van der Waals surface area contributed by atoms with Crippen LogP contribution in [-0.4, -0.2) is 35.2 Å². The van der Waals surface area contributed by atoms with E-state index < -0.39 is 30.4 Å². The molecule has 3 N–H and O–H groups in total. The van der Waals surface area contributed by atoms with E-state index in [1.807, 2.05) is 13.8 Å². The van der Waals surface area contributed by atoms with Crippen LogP contribution < -0.4 is 20.1 Å². The van der Waals surface area contributed by atoms with Gasteiger partial charge in [-0.05, 0) is 68.5 Å². The van der Waals surface area contributed by atoms with Gasteiger partial charge in [-0.25, -0.2) is 14.5 Å². The molecule has 0 aliphatic carbocycles. The maximum absolute atomic E-state index is 12.7. The summed E-state index contributed by atoms with van der Waals surface area (Å²) < 4.78 is 11.4. The monoisotopic (exact) mass is 424 g/mol. The van der Waals surface area contributed by atoms with Crippen molar-refractivity contribution >= 4 is 23.6 Å². The van der Waals surface area contributed by atoms with Crippen molar-refractivity contribution in [2.45, 2.75) is 38.7 Å². The highest BCUT2D eigenvalue weighted by Gasteiger charge is 2.36. The molecule has 2 heterocycles. The first-order chi connectivity index (χ1) is 14.7. The smallest absolute Gasteiger partial charge is 0.343 e. The summed E-state index contributed by atoms with van der Waals surface area (Å²) >= 11 is 0. The maximum atomic E-state index is 12.7. The van der Waals surface area contributed by atoms with Crippen LogP contribution in [0.25, 0.3) is 0 Å². The predicted octanol–water partition coefficient (Wildman–Crippen LogP) is 2.59. The molecule has 4 rings (SSSR count). The largest absolute Gasteiger partial charge is 0.488 e. The fraction of sp³-hybridized carbons (Fsp3) is 0.348. The second kappa shape index (κ2) is 7.70. The molecule has 0 aromatic heterocycles. The Balaban J connectivity index is 1.58. The number of aryl methyl sites for hydroxylation is 1. The minimum absolute atomic E-state index is 0.181. The molecule has 1 unspecified atom stereocenters. The van der Waals surface area contributed by atoms with E-state index in [-0.39, 0.29) is 23.5 Å². The molecular weight excluding hydrogens is 400 g/mol. The van der Waals surface area contributed by atoms with E-state index in [1.54, 1.807) is 30.3 Å². The van der Waals surface area contributed by atoms with Crippen LogP contribution in [-0.2, 0) is 17.6 Å². The molecular formula is C23H24N2O6. The van der Waals surface area contributed by atoms with Gasteiger partial charge in [-0.2, -0.15) is 0 Å². The predicted molar refractivity (Wildman–Crippen MR) is 112 cm³/mol. The van der Waals surface area contributed by atoms with Crippen molar-refractivity contribution < 1.29 is 29.0 Å². The number of imide groups is 1. The summed E-state index contributed by atoms with van der Waals surface area (Å²) in [6.07, 6.45) is 1.91. The summed E-state index contributed by atoms with van der Waals surface area (Å²) in [5.74, 6) is -0.941. The minimum Gasteiger partial charge on any atom is -0.488 e. The third kappa shape index (κ3) is 3.98. The number of aliphatic hydroxyl groups is 1. The topological polar surface area (TPSA) is 119 Å². The van der Waals surface area contributed by atoms with Crippen LogP contribution in [0.1, 0.15) is 41.8 Å². The summed E-state index contributed by atoms with van der Waals surface area (Å²) in [4.78, 5) is 37.8. The lowest BCUT2D eigenvalue weighted by Crippen LogP contribution is -2.48. The van der Waals surface area contributed by atoms with Crippen LogP contribution in [0.15, 0.2) is 36.4 Å². The van der Waals surface area contributed by atoms with Crippen molar-refractivity contribution in [2.75, 3.05) is 11.5 Å². The highest BCUT2D eigenvalue weighted by molar-refractivity contribution is 6.16. The average molecular weight is 424 g/mol. The highest BCUT2D eigenvalue weighted by atomic mass is 16.5.